The van der Waals surface area contributed by atoms with Gasteiger partial charge in [0.2, 0.25) is 0 Å². The van der Waals surface area contributed by atoms with Crippen molar-refractivity contribution in [2.24, 2.45) is 0 Å². The molecule has 21 heavy (non-hydrogen) atoms. The van der Waals surface area contributed by atoms with Crippen molar-refractivity contribution < 1.29 is 4.79 Å². The van der Waals surface area contributed by atoms with E-state index >= 15 is 0 Å². The molecule has 3 aromatic rings. The first kappa shape index (κ1) is 13.6. The molecule has 0 bridgehead atoms. The Hall–Kier alpha value is -2.40. The van der Waals surface area contributed by atoms with Crippen LogP contribution in [0.2, 0.25) is 0 Å². The molecule has 0 atom stereocenters. The van der Waals surface area contributed by atoms with Gasteiger partial charge in [0.15, 0.2) is 0 Å². The Balaban J connectivity index is 1.95. The molecule has 3 N–H and O–H groups in total. The largest absolute Gasteiger partial charge is 0.397 e. The third-order valence-corrected chi connectivity index (χ3v) is 4.32. The van der Waals surface area contributed by atoms with Crippen molar-refractivity contribution in [3.05, 3.63) is 52.5 Å². The van der Waals surface area contributed by atoms with Crippen LogP contribution < -0.4 is 11.1 Å². The number of amides is 1. The number of fused-ring (bicyclic) bond motifs is 1. The molecular weight excluding hydrogens is 282 g/mol. The van der Waals surface area contributed by atoms with Crippen molar-refractivity contribution in [1.82, 2.24) is 4.98 Å². The normalized spacial score (nSPS) is 10.8. The summed E-state index contributed by atoms with van der Waals surface area (Å²) in [5.41, 5.74) is 9.55. The first-order valence-electron chi connectivity index (χ1n) is 6.57. The van der Waals surface area contributed by atoms with Gasteiger partial charge in [0.25, 0.3) is 5.91 Å². The van der Waals surface area contributed by atoms with Crippen LogP contribution in [0.4, 0.5) is 11.4 Å². The first-order valence-corrected chi connectivity index (χ1v) is 7.39. The van der Waals surface area contributed by atoms with Crippen molar-refractivity contribution in [2.75, 3.05) is 11.1 Å². The second kappa shape index (κ2) is 5.18. The number of anilines is 2. The van der Waals surface area contributed by atoms with Gasteiger partial charge in [-0.05, 0) is 49.2 Å². The molecule has 3 rings (SSSR count). The number of nitrogens with zero attached hydrogens (tertiary/aromatic N) is 1. The molecule has 0 aliphatic heterocycles. The molecule has 0 spiro atoms. The second-order valence-corrected chi connectivity index (χ2v) is 6.03. The van der Waals surface area contributed by atoms with E-state index in [0.29, 0.717) is 10.6 Å². The van der Waals surface area contributed by atoms with E-state index in [4.69, 9.17) is 5.73 Å². The zero-order chi connectivity index (χ0) is 15.0. The number of nitrogens with one attached hydrogen (secondary N) is 1. The number of hydrogen-bond donors (Lipinski definition) is 2. The molecule has 0 saturated carbocycles. The smallest absolute Gasteiger partial charge is 0.267 e. The molecule has 106 valence electrons. The molecule has 4 nitrogen and oxygen atoms in total. The number of aryl methyl sites for hydroxylation is 2. The number of carbonyl (C=O) groups is 1. The van der Waals surface area contributed by atoms with Gasteiger partial charge in [-0.25, -0.2) is 4.98 Å². The number of pyridine rings is 1. The molecule has 1 aromatic carbocycles. The molecule has 0 aliphatic carbocycles. The average Bonchev–Trinajstić information content (AvgIpc) is 2.76. The highest BCUT2D eigenvalue weighted by Crippen LogP contribution is 2.32. The quantitative estimate of drug-likeness (QED) is 0.757. The van der Waals surface area contributed by atoms with Crippen molar-refractivity contribution in [3.8, 4) is 0 Å². The van der Waals surface area contributed by atoms with Gasteiger partial charge in [-0.3, -0.25) is 4.79 Å². The number of nitrogens with two attached hydrogens (primary N) is 1. The van der Waals surface area contributed by atoms with E-state index in [2.05, 4.69) is 16.4 Å². The van der Waals surface area contributed by atoms with Crippen LogP contribution in [0.25, 0.3) is 10.2 Å². The fraction of sp³-hybridized carbons (Fsp3) is 0.125. The summed E-state index contributed by atoms with van der Waals surface area (Å²) in [6.07, 6.45) is 1.70. The molecule has 0 saturated heterocycles. The number of carbonyl (C=O) groups excluding carboxylic acids is 1. The van der Waals surface area contributed by atoms with Gasteiger partial charge in [0, 0.05) is 17.3 Å². The Morgan fingerprint density at radius 3 is 2.62 bits per heavy atom. The highest BCUT2D eigenvalue weighted by atomic mass is 32.1. The Bertz CT molecular complexity index is 818. The highest BCUT2D eigenvalue weighted by molar-refractivity contribution is 7.21. The lowest BCUT2D eigenvalue weighted by Gasteiger charge is -2.07. The standard InChI is InChI=1S/C16H15N3OS/c1-9-6-10(2)8-11(7-9)19-15(20)14-13(17)12-4-3-5-18-16(12)21-14/h3-8H,17H2,1-2H3,(H,19,20). The van der Waals surface area contributed by atoms with E-state index in [1.807, 2.05) is 38.1 Å². The summed E-state index contributed by atoms with van der Waals surface area (Å²) in [6, 6.07) is 9.63. The lowest BCUT2D eigenvalue weighted by atomic mass is 10.1. The summed E-state index contributed by atoms with van der Waals surface area (Å²) >= 11 is 1.31. The fourth-order valence-corrected chi connectivity index (χ4v) is 3.31. The minimum Gasteiger partial charge on any atom is -0.397 e. The average molecular weight is 297 g/mol. The second-order valence-electron chi connectivity index (χ2n) is 5.03. The summed E-state index contributed by atoms with van der Waals surface area (Å²) in [7, 11) is 0. The van der Waals surface area contributed by atoms with Crippen molar-refractivity contribution in [3.63, 3.8) is 0 Å². The fourth-order valence-electron chi connectivity index (χ4n) is 2.35. The lowest BCUT2D eigenvalue weighted by Crippen LogP contribution is -2.12. The van der Waals surface area contributed by atoms with E-state index < -0.39 is 0 Å². The van der Waals surface area contributed by atoms with E-state index in [9.17, 15) is 4.79 Å². The predicted octanol–water partition coefficient (Wildman–Crippen LogP) is 3.75. The Morgan fingerprint density at radius 1 is 1.24 bits per heavy atom. The van der Waals surface area contributed by atoms with Crippen LogP contribution in [0.15, 0.2) is 36.5 Å². The van der Waals surface area contributed by atoms with Crippen LogP contribution in [0.3, 0.4) is 0 Å². The maximum Gasteiger partial charge on any atom is 0.267 e. The van der Waals surface area contributed by atoms with Gasteiger partial charge in [-0.1, -0.05) is 6.07 Å². The molecular formula is C16H15N3OS. The molecule has 0 fully saturated rings. The number of thiophene rings is 1. The summed E-state index contributed by atoms with van der Waals surface area (Å²) in [4.78, 5) is 17.9. The maximum atomic E-state index is 12.4. The Labute approximate surface area is 126 Å². The zero-order valence-corrected chi connectivity index (χ0v) is 12.6. The highest BCUT2D eigenvalue weighted by Gasteiger charge is 2.17. The van der Waals surface area contributed by atoms with Crippen molar-refractivity contribution in [1.29, 1.82) is 0 Å². The monoisotopic (exact) mass is 297 g/mol. The minimum atomic E-state index is -0.194. The van der Waals surface area contributed by atoms with Crippen LogP contribution in [-0.4, -0.2) is 10.9 Å². The lowest BCUT2D eigenvalue weighted by molar-refractivity contribution is 0.103. The maximum absolute atomic E-state index is 12.4. The summed E-state index contributed by atoms with van der Waals surface area (Å²) in [5, 5.41) is 3.73. The van der Waals surface area contributed by atoms with Gasteiger partial charge >= 0.3 is 0 Å². The van der Waals surface area contributed by atoms with Gasteiger partial charge in [-0.15, -0.1) is 11.3 Å². The van der Waals surface area contributed by atoms with Crippen LogP contribution in [0.5, 0.6) is 0 Å². The van der Waals surface area contributed by atoms with Crippen LogP contribution >= 0.6 is 11.3 Å². The number of nitrogen functional groups attached to an aromatic ring is 1. The topological polar surface area (TPSA) is 68.0 Å². The number of rotatable bonds is 2. The van der Waals surface area contributed by atoms with Gasteiger partial charge in [-0.2, -0.15) is 0 Å². The summed E-state index contributed by atoms with van der Waals surface area (Å²) in [5.74, 6) is -0.194. The van der Waals surface area contributed by atoms with Crippen LogP contribution in [-0.2, 0) is 0 Å². The van der Waals surface area contributed by atoms with Gasteiger partial charge in [0.05, 0.1) is 5.69 Å². The number of aromatic nitrogens is 1. The van der Waals surface area contributed by atoms with Gasteiger partial charge < -0.3 is 11.1 Å². The Morgan fingerprint density at radius 2 is 1.95 bits per heavy atom. The van der Waals surface area contributed by atoms with E-state index in [0.717, 1.165) is 27.0 Å². The van der Waals surface area contributed by atoms with Crippen molar-refractivity contribution >= 4 is 38.8 Å². The zero-order valence-electron chi connectivity index (χ0n) is 11.8. The molecule has 0 aliphatic rings. The van der Waals surface area contributed by atoms with Gasteiger partial charge in [0.1, 0.15) is 9.71 Å². The first-order chi connectivity index (χ1) is 10.0. The molecule has 2 aromatic heterocycles. The summed E-state index contributed by atoms with van der Waals surface area (Å²) in [6.45, 7) is 4.00. The summed E-state index contributed by atoms with van der Waals surface area (Å²) < 4.78 is 0. The molecule has 0 unspecified atom stereocenters. The van der Waals surface area contributed by atoms with Crippen LogP contribution in [0.1, 0.15) is 20.8 Å². The SMILES string of the molecule is Cc1cc(C)cc(NC(=O)c2sc3ncccc3c2N)c1. The third kappa shape index (κ3) is 2.60. The molecule has 5 heteroatoms. The van der Waals surface area contributed by atoms with E-state index in [-0.39, 0.29) is 5.91 Å². The third-order valence-electron chi connectivity index (χ3n) is 3.19. The number of benzene rings is 1. The predicted molar refractivity (Wildman–Crippen MR) is 87.9 cm³/mol. The van der Waals surface area contributed by atoms with E-state index in [1.54, 1.807) is 6.20 Å². The van der Waals surface area contributed by atoms with Crippen molar-refractivity contribution in [2.45, 2.75) is 13.8 Å². The minimum absolute atomic E-state index is 0.194. The molecule has 2 heterocycles. The van der Waals surface area contributed by atoms with Crippen LogP contribution in [0, 0.1) is 13.8 Å². The Kier molecular flexibility index (Phi) is 3.35. The molecule has 1 amide bonds. The molecule has 0 radical (unpaired) electrons. The number of hydrogen-bond acceptors (Lipinski definition) is 4. The van der Waals surface area contributed by atoms with E-state index in [1.165, 1.54) is 11.3 Å².